The van der Waals surface area contributed by atoms with Gasteiger partial charge in [-0.15, -0.1) is 0 Å². The number of anilines is 1. The van der Waals surface area contributed by atoms with Gasteiger partial charge in [0.2, 0.25) is 5.95 Å². The third-order valence-electron chi connectivity index (χ3n) is 2.43. The van der Waals surface area contributed by atoms with Crippen LogP contribution in [0.1, 0.15) is 12.0 Å². The van der Waals surface area contributed by atoms with Crippen LogP contribution in [0.2, 0.25) is 0 Å². The Hall–Kier alpha value is -1.97. The number of rotatable bonds is 5. The number of halogens is 1. The maximum atomic E-state index is 13.3. The van der Waals surface area contributed by atoms with Gasteiger partial charge < -0.3 is 5.32 Å². The third kappa shape index (κ3) is 3.52. The van der Waals surface area contributed by atoms with Crippen LogP contribution in [-0.4, -0.2) is 16.5 Å². The Morgan fingerprint density at radius 2 is 1.82 bits per heavy atom. The van der Waals surface area contributed by atoms with E-state index in [-0.39, 0.29) is 5.82 Å². The second kappa shape index (κ2) is 5.94. The van der Waals surface area contributed by atoms with E-state index in [1.165, 1.54) is 6.07 Å². The highest BCUT2D eigenvalue weighted by Crippen LogP contribution is 2.08. The molecule has 2 aromatic rings. The van der Waals surface area contributed by atoms with Crippen molar-refractivity contribution in [2.75, 3.05) is 11.9 Å². The second-order valence-electron chi connectivity index (χ2n) is 3.69. The third-order valence-corrected chi connectivity index (χ3v) is 2.43. The highest BCUT2D eigenvalue weighted by Gasteiger charge is 2.00. The minimum Gasteiger partial charge on any atom is -0.354 e. The molecule has 2 rings (SSSR count). The molecule has 0 aliphatic heterocycles. The molecule has 0 saturated heterocycles. The molecule has 4 heteroatoms. The molecule has 0 saturated carbocycles. The first-order valence-corrected chi connectivity index (χ1v) is 5.60. The minimum atomic E-state index is -0.136. The van der Waals surface area contributed by atoms with Crippen molar-refractivity contribution in [3.05, 3.63) is 54.1 Å². The van der Waals surface area contributed by atoms with Gasteiger partial charge in [0.25, 0.3) is 0 Å². The molecule has 88 valence electrons. The fourth-order valence-corrected chi connectivity index (χ4v) is 1.57. The van der Waals surface area contributed by atoms with E-state index in [0.717, 1.165) is 18.5 Å². The molecule has 0 radical (unpaired) electrons. The molecule has 0 atom stereocenters. The Morgan fingerprint density at radius 3 is 2.59 bits per heavy atom. The first-order valence-electron chi connectivity index (χ1n) is 5.60. The largest absolute Gasteiger partial charge is 0.354 e. The lowest BCUT2D eigenvalue weighted by molar-refractivity contribution is 0.606. The molecule has 1 heterocycles. The van der Waals surface area contributed by atoms with E-state index in [4.69, 9.17) is 0 Å². The number of benzene rings is 1. The van der Waals surface area contributed by atoms with E-state index in [9.17, 15) is 4.39 Å². The zero-order valence-electron chi connectivity index (χ0n) is 9.44. The zero-order chi connectivity index (χ0) is 11.9. The van der Waals surface area contributed by atoms with Crippen molar-refractivity contribution in [1.82, 2.24) is 9.97 Å². The summed E-state index contributed by atoms with van der Waals surface area (Å²) < 4.78 is 13.3. The van der Waals surface area contributed by atoms with Crippen molar-refractivity contribution in [2.45, 2.75) is 12.8 Å². The molecule has 0 aliphatic carbocycles. The Kier molecular flexibility index (Phi) is 4.02. The summed E-state index contributed by atoms with van der Waals surface area (Å²) in [5, 5.41) is 3.09. The topological polar surface area (TPSA) is 37.8 Å². The predicted octanol–water partition coefficient (Wildman–Crippen LogP) is 2.66. The van der Waals surface area contributed by atoms with E-state index in [1.807, 2.05) is 12.1 Å². The number of hydrogen-bond acceptors (Lipinski definition) is 3. The Labute approximate surface area is 99.7 Å². The van der Waals surface area contributed by atoms with Gasteiger partial charge in [0.05, 0.1) is 0 Å². The number of nitrogens with one attached hydrogen (secondary N) is 1. The van der Waals surface area contributed by atoms with E-state index in [1.54, 1.807) is 24.5 Å². The van der Waals surface area contributed by atoms with Crippen molar-refractivity contribution >= 4 is 5.95 Å². The lowest BCUT2D eigenvalue weighted by atomic mass is 10.1. The molecule has 0 spiro atoms. The summed E-state index contributed by atoms with van der Waals surface area (Å²) in [6, 6.07) is 8.63. The summed E-state index contributed by atoms with van der Waals surface area (Å²) in [7, 11) is 0. The van der Waals surface area contributed by atoms with Crippen molar-refractivity contribution in [1.29, 1.82) is 0 Å². The van der Waals surface area contributed by atoms with E-state index in [2.05, 4.69) is 15.3 Å². The molecule has 1 aromatic carbocycles. The van der Waals surface area contributed by atoms with Gasteiger partial charge in [-0.25, -0.2) is 14.4 Å². The zero-order valence-corrected chi connectivity index (χ0v) is 9.44. The van der Waals surface area contributed by atoms with Gasteiger partial charge >= 0.3 is 0 Å². The molecule has 1 N–H and O–H groups in total. The second-order valence-corrected chi connectivity index (χ2v) is 3.69. The quantitative estimate of drug-likeness (QED) is 0.804. The maximum absolute atomic E-state index is 13.3. The number of aromatic nitrogens is 2. The van der Waals surface area contributed by atoms with E-state index < -0.39 is 0 Å². The molecule has 3 nitrogen and oxygen atoms in total. The Bertz CT molecular complexity index is 459. The van der Waals surface area contributed by atoms with Crippen molar-refractivity contribution in [3.8, 4) is 0 Å². The molecule has 1 aromatic heterocycles. The summed E-state index contributed by atoms with van der Waals surface area (Å²) in [6.45, 7) is 0.734. The molecular weight excluding hydrogens is 217 g/mol. The molecule has 17 heavy (non-hydrogen) atoms. The van der Waals surface area contributed by atoms with Crippen LogP contribution in [0.5, 0.6) is 0 Å². The van der Waals surface area contributed by atoms with Gasteiger partial charge in [0.1, 0.15) is 5.82 Å². The Morgan fingerprint density at radius 1 is 1.06 bits per heavy atom. The lowest BCUT2D eigenvalue weighted by Crippen LogP contribution is -2.06. The summed E-state index contributed by atoms with van der Waals surface area (Å²) in [6.07, 6.45) is 4.93. The lowest BCUT2D eigenvalue weighted by Gasteiger charge is -2.04. The normalized spacial score (nSPS) is 10.2. The molecule has 0 unspecified atom stereocenters. The van der Waals surface area contributed by atoms with Crippen molar-refractivity contribution in [2.24, 2.45) is 0 Å². The summed E-state index contributed by atoms with van der Waals surface area (Å²) >= 11 is 0. The van der Waals surface area contributed by atoms with Crippen LogP contribution in [0.25, 0.3) is 0 Å². The van der Waals surface area contributed by atoms with Gasteiger partial charge in [-0.3, -0.25) is 0 Å². The summed E-state index contributed by atoms with van der Waals surface area (Å²) in [5.74, 6) is 0.476. The predicted molar refractivity (Wildman–Crippen MR) is 65.2 cm³/mol. The fraction of sp³-hybridized carbons (Fsp3) is 0.231. The van der Waals surface area contributed by atoms with Gasteiger partial charge in [0.15, 0.2) is 0 Å². The molecule has 0 bridgehead atoms. The summed E-state index contributed by atoms with van der Waals surface area (Å²) in [5.41, 5.74) is 0.753. The first-order chi connectivity index (χ1) is 8.36. The van der Waals surface area contributed by atoms with Crippen LogP contribution in [-0.2, 0) is 6.42 Å². The van der Waals surface area contributed by atoms with Gasteiger partial charge in [-0.1, -0.05) is 18.2 Å². The van der Waals surface area contributed by atoms with Crippen LogP contribution in [0.4, 0.5) is 10.3 Å². The van der Waals surface area contributed by atoms with Crippen molar-refractivity contribution in [3.63, 3.8) is 0 Å². The van der Waals surface area contributed by atoms with Gasteiger partial charge in [0, 0.05) is 18.9 Å². The highest BCUT2D eigenvalue weighted by atomic mass is 19.1. The van der Waals surface area contributed by atoms with Gasteiger partial charge in [-0.05, 0) is 30.5 Å². The number of aryl methyl sites for hydroxylation is 1. The van der Waals surface area contributed by atoms with Gasteiger partial charge in [-0.2, -0.15) is 0 Å². The standard InChI is InChI=1S/C13H14FN3/c14-12-7-2-1-5-11(12)6-3-8-15-13-16-9-4-10-17-13/h1-2,4-5,7,9-10H,3,6,8H2,(H,15,16,17). The SMILES string of the molecule is Fc1ccccc1CCCNc1ncccn1. The Balaban J connectivity index is 1.76. The van der Waals surface area contributed by atoms with Crippen molar-refractivity contribution < 1.29 is 4.39 Å². The van der Waals surface area contributed by atoms with Crippen LogP contribution >= 0.6 is 0 Å². The van der Waals surface area contributed by atoms with Crippen LogP contribution in [0.15, 0.2) is 42.7 Å². The first kappa shape index (κ1) is 11.5. The van der Waals surface area contributed by atoms with Crippen LogP contribution in [0.3, 0.4) is 0 Å². The van der Waals surface area contributed by atoms with E-state index in [0.29, 0.717) is 12.4 Å². The summed E-state index contributed by atoms with van der Waals surface area (Å²) in [4.78, 5) is 8.09. The smallest absolute Gasteiger partial charge is 0.222 e. The fourth-order valence-electron chi connectivity index (χ4n) is 1.57. The molecular formula is C13H14FN3. The maximum Gasteiger partial charge on any atom is 0.222 e. The number of nitrogens with zero attached hydrogens (tertiary/aromatic N) is 2. The molecule has 0 amide bonds. The number of hydrogen-bond donors (Lipinski definition) is 1. The van der Waals surface area contributed by atoms with E-state index >= 15 is 0 Å². The molecule has 0 fully saturated rings. The van der Waals surface area contributed by atoms with Crippen LogP contribution in [0, 0.1) is 5.82 Å². The molecule has 0 aliphatic rings. The monoisotopic (exact) mass is 231 g/mol. The van der Waals surface area contributed by atoms with Crippen LogP contribution < -0.4 is 5.32 Å². The average Bonchev–Trinajstić information content (AvgIpc) is 2.38. The highest BCUT2D eigenvalue weighted by molar-refractivity contribution is 5.22. The minimum absolute atomic E-state index is 0.136. The average molecular weight is 231 g/mol.